The molecule has 4 nitrogen and oxygen atoms in total. The van der Waals surface area contributed by atoms with Crippen molar-refractivity contribution in [3.63, 3.8) is 0 Å². The Morgan fingerprint density at radius 2 is 2.14 bits per heavy atom. The Labute approximate surface area is 85.7 Å². The van der Waals surface area contributed by atoms with Crippen LogP contribution in [0.4, 0.5) is 0 Å². The van der Waals surface area contributed by atoms with Crippen LogP contribution in [-0.2, 0) is 4.79 Å². The largest absolute Gasteiger partial charge is 0.354 e. The summed E-state index contributed by atoms with van der Waals surface area (Å²) in [5.74, 6) is -0.00530. The first kappa shape index (κ1) is 12.9. The molecular weight excluding hydrogens is 178 g/mol. The fourth-order valence-electron chi connectivity index (χ4n) is 0.826. The molecule has 0 unspecified atom stereocenters. The molecule has 0 aromatic carbocycles. The van der Waals surface area contributed by atoms with E-state index in [2.05, 4.69) is 16.7 Å². The number of nitrogens with one attached hydrogen (secondary N) is 2. The third kappa shape index (κ3) is 6.44. The number of nitriles is 1. The molecule has 0 aromatic heterocycles. The van der Waals surface area contributed by atoms with Crippen molar-refractivity contribution in [3.05, 3.63) is 0 Å². The molecule has 0 aromatic rings. The first-order chi connectivity index (χ1) is 6.52. The molecule has 0 bridgehead atoms. The highest BCUT2D eigenvalue weighted by atomic mass is 16.1. The third-order valence-corrected chi connectivity index (χ3v) is 1.81. The molecule has 0 fully saturated rings. The highest BCUT2D eigenvalue weighted by Crippen LogP contribution is 2.10. The second-order valence-electron chi connectivity index (χ2n) is 3.88. The summed E-state index contributed by atoms with van der Waals surface area (Å²) in [6.07, 6.45) is 0.468. The smallest absolute Gasteiger partial charge is 0.221 e. The van der Waals surface area contributed by atoms with Crippen molar-refractivity contribution in [2.75, 3.05) is 19.6 Å². The lowest BCUT2D eigenvalue weighted by atomic mass is 9.96. The van der Waals surface area contributed by atoms with Crippen LogP contribution in [0, 0.1) is 16.7 Å². The second kappa shape index (κ2) is 6.39. The van der Waals surface area contributed by atoms with Crippen LogP contribution in [0.25, 0.3) is 0 Å². The lowest BCUT2D eigenvalue weighted by molar-refractivity contribution is -0.121. The maximum absolute atomic E-state index is 11.2. The minimum atomic E-state index is -0.478. The predicted octanol–water partition coefficient (Wildman–Crippen LogP) is 0.652. The minimum Gasteiger partial charge on any atom is -0.354 e. The lowest BCUT2D eigenvalue weighted by Gasteiger charge is -2.15. The number of carbonyl (C=O) groups excluding carboxylic acids is 1. The maximum Gasteiger partial charge on any atom is 0.221 e. The fraction of sp³-hybridized carbons (Fsp3) is 0.800. The molecule has 0 heterocycles. The van der Waals surface area contributed by atoms with Crippen LogP contribution in [0.3, 0.4) is 0 Å². The highest BCUT2D eigenvalue weighted by Gasteiger charge is 2.17. The zero-order chi connectivity index (χ0) is 11.0. The lowest BCUT2D eigenvalue weighted by Crippen LogP contribution is -2.34. The molecule has 4 heteroatoms. The Balaban J connectivity index is 3.60. The summed E-state index contributed by atoms with van der Waals surface area (Å²) < 4.78 is 0. The predicted molar refractivity (Wildman–Crippen MR) is 55.6 cm³/mol. The molecule has 0 aliphatic heterocycles. The van der Waals surface area contributed by atoms with Gasteiger partial charge in [-0.1, -0.05) is 6.92 Å². The zero-order valence-corrected chi connectivity index (χ0v) is 9.18. The molecule has 0 spiro atoms. The number of carbonyl (C=O) groups is 1. The van der Waals surface area contributed by atoms with Crippen LogP contribution in [0.1, 0.15) is 27.2 Å². The van der Waals surface area contributed by atoms with E-state index in [9.17, 15) is 4.79 Å². The van der Waals surface area contributed by atoms with Gasteiger partial charge in [0, 0.05) is 19.5 Å². The quantitative estimate of drug-likeness (QED) is 0.614. The summed E-state index contributed by atoms with van der Waals surface area (Å²) in [4.78, 5) is 11.2. The number of nitrogens with zero attached hydrogens (tertiary/aromatic N) is 1. The van der Waals surface area contributed by atoms with E-state index in [-0.39, 0.29) is 5.91 Å². The molecule has 80 valence electrons. The van der Waals surface area contributed by atoms with E-state index in [0.29, 0.717) is 19.5 Å². The van der Waals surface area contributed by atoms with Crippen molar-refractivity contribution >= 4 is 5.91 Å². The Hall–Kier alpha value is -1.08. The molecule has 2 N–H and O–H groups in total. The Morgan fingerprint density at radius 3 is 2.64 bits per heavy atom. The molecule has 0 radical (unpaired) electrons. The Kier molecular flexibility index (Phi) is 5.89. The van der Waals surface area contributed by atoms with E-state index in [4.69, 9.17) is 5.26 Å². The topological polar surface area (TPSA) is 64.9 Å². The average Bonchev–Trinajstić information content (AvgIpc) is 2.16. The van der Waals surface area contributed by atoms with Crippen LogP contribution in [0.2, 0.25) is 0 Å². The number of rotatable bonds is 6. The van der Waals surface area contributed by atoms with Gasteiger partial charge >= 0.3 is 0 Å². The standard InChI is InChI=1S/C10H19N3O/c1-4-12-6-5-9(14)13-8-10(2,3)7-11/h12H,4-6,8H2,1-3H3,(H,13,14). The Bertz CT molecular complexity index is 218. The van der Waals surface area contributed by atoms with Gasteiger partial charge in [0.15, 0.2) is 0 Å². The summed E-state index contributed by atoms with van der Waals surface area (Å²) in [7, 11) is 0. The summed E-state index contributed by atoms with van der Waals surface area (Å²) >= 11 is 0. The molecule has 14 heavy (non-hydrogen) atoms. The highest BCUT2D eigenvalue weighted by molar-refractivity contribution is 5.76. The van der Waals surface area contributed by atoms with Gasteiger partial charge < -0.3 is 10.6 Å². The van der Waals surface area contributed by atoms with Crippen LogP contribution in [-0.4, -0.2) is 25.5 Å². The van der Waals surface area contributed by atoms with Gasteiger partial charge in [0.05, 0.1) is 11.5 Å². The van der Waals surface area contributed by atoms with Crippen LogP contribution in [0.5, 0.6) is 0 Å². The average molecular weight is 197 g/mol. The first-order valence-electron chi connectivity index (χ1n) is 4.90. The summed E-state index contributed by atoms with van der Waals surface area (Å²) in [5, 5.41) is 14.5. The molecule has 0 atom stereocenters. The van der Waals surface area contributed by atoms with Gasteiger partial charge in [0.2, 0.25) is 5.91 Å². The molecular formula is C10H19N3O. The molecule has 0 rings (SSSR count). The minimum absolute atomic E-state index is 0.00530. The maximum atomic E-state index is 11.2. The molecule has 0 saturated carbocycles. The van der Waals surface area contributed by atoms with Crippen molar-refractivity contribution < 1.29 is 4.79 Å². The van der Waals surface area contributed by atoms with E-state index >= 15 is 0 Å². The third-order valence-electron chi connectivity index (χ3n) is 1.81. The number of hydrogen-bond acceptors (Lipinski definition) is 3. The summed E-state index contributed by atoms with van der Waals surface area (Å²) in [6.45, 7) is 7.58. The molecule has 1 amide bonds. The monoisotopic (exact) mass is 197 g/mol. The van der Waals surface area contributed by atoms with Gasteiger partial charge in [-0.05, 0) is 20.4 Å². The van der Waals surface area contributed by atoms with Crippen molar-refractivity contribution in [1.82, 2.24) is 10.6 Å². The summed E-state index contributed by atoms with van der Waals surface area (Å²) in [5.41, 5.74) is -0.478. The van der Waals surface area contributed by atoms with Gasteiger partial charge in [-0.15, -0.1) is 0 Å². The second-order valence-corrected chi connectivity index (χ2v) is 3.88. The summed E-state index contributed by atoms with van der Waals surface area (Å²) in [6, 6.07) is 2.13. The molecule has 0 saturated heterocycles. The zero-order valence-electron chi connectivity index (χ0n) is 9.18. The van der Waals surface area contributed by atoms with Crippen LogP contribution < -0.4 is 10.6 Å². The van der Waals surface area contributed by atoms with E-state index in [0.717, 1.165) is 6.54 Å². The van der Waals surface area contributed by atoms with Crippen molar-refractivity contribution in [2.45, 2.75) is 27.2 Å². The Morgan fingerprint density at radius 1 is 1.50 bits per heavy atom. The van der Waals surface area contributed by atoms with Gasteiger partial charge in [0.25, 0.3) is 0 Å². The van der Waals surface area contributed by atoms with E-state index in [1.807, 2.05) is 6.92 Å². The number of amides is 1. The normalized spacial score (nSPS) is 10.7. The van der Waals surface area contributed by atoms with Gasteiger partial charge in [0.1, 0.15) is 0 Å². The number of hydrogen-bond donors (Lipinski definition) is 2. The van der Waals surface area contributed by atoms with E-state index in [1.165, 1.54) is 0 Å². The SMILES string of the molecule is CCNCCC(=O)NCC(C)(C)C#N. The van der Waals surface area contributed by atoms with Gasteiger partial charge in [-0.25, -0.2) is 0 Å². The van der Waals surface area contributed by atoms with Crippen molar-refractivity contribution in [2.24, 2.45) is 5.41 Å². The molecule has 0 aliphatic rings. The van der Waals surface area contributed by atoms with Gasteiger partial charge in [-0.3, -0.25) is 4.79 Å². The van der Waals surface area contributed by atoms with E-state index in [1.54, 1.807) is 13.8 Å². The van der Waals surface area contributed by atoms with Crippen LogP contribution in [0.15, 0.2) is 0 Å². The van der Waals surface area contributed by atoms with Crippen LogP contribution >= 0.6 is 0 Å². The van der Waals surface area contributed by atoms with Crippen molar-refractivity contribution in [1.29, 1.82) is 5.26 Å². The first-order valence-corrected chi connectivity index (χ1v) is 4.90. The molecule has 0 aliphatic carbocycles. The van der Waals surface area contributed by atoms with Gasteiger partial charge in [-0.2, -0.15) is 5.26 Å². The fourth-order valence-corrected chi connectivity index (χ4v) is 0.826. The van der Waals surface area contributed by atoms with Crippen molar-refractivity contribution in [3.8, 4) is 6.07 Å². The van der Waals surface area contributed by atoms with E-state index < -0.39 is 5.41 Å².